The zero-order chi connectivity index (χ0) is 21.8. The largest absolute Gasteiger partial charge is 0.496 e. The Morgan fingerprint density at radius 1 is 1.06 bits per heavy atom. The number of amides is 2. The van der Waals surface area contributed by atoms with Crippen LogP contribution in [0.25, 0.3) is 10.9 Å². The Kier molecular flexibility index (Phi) is 6.26. The first kappa shape index (κ1) is 21.0. The number of para-hydroxylation sites is 2. The molecule has 1 saturated heterocycles. The average molecular weight is 420 g/mol. The Bertz CT molecular complexity index is 1080. The summed E-state index contributed by atoms with van der Waals surface area (Å²) in [6.07, 6.45) is 1.88. The smallest absolute Gasteiger partial charge is 0.240 e. The van der Waals surface area contributed by atoms with Gasteiger partial charge in [0.05, 0.1) is 13.5 Å². The highest BCUT2D eigenvalue weighted by Gasteiger charge is 2.24. The molecule has 0 radical (unpaired) electrons. The van der Waals surface area contributed by atoms with E-state index in [2.05, 4.69) is 22.0 Å². The number of hydrogen-bond donors (Lipinski definition) is 1. The molecule has 6 heteroatoms. The first-order valence-electron chi connectivity index (χ1n) is 10.8. The number of carbonyl (C=O) groups excluding carboxylic acids is 2. The predicted octanol–water partition coefficient (Wildman–Crippen LogP) is 3.31. The number of likely N-dealkylation sites (tertiary alicyclic amines) is 1. The fourth-order valence-electron chi connectivity index (χ4n) is 4.37. The number of fused-ring (bicyclic) bond motifs is 1. The Morgan fingerprint density at radius 3 is 2.55 bits per heavy atom. The number of nitrogens with zero attached hydrogens (tertiary/aromatic N) is 2. The van der Waals surface area contributed by atoms with Crippen molar-refractivity contribution in [3.05, 3.63) is 65.9 Å². The third-order valence-electron chi connectivity index (χ3n) is 6.07. The van der Waals surface area contributed by atoms with Gasteiger partial charge in [0.15, 0.2) is 0 Å². The van der Waals surface area contributed by atoms with E-state index >= 15 is 0 Å². The van der Waals surface area contributed by atoms with E-state index in [1.165, 1.54) is 0 Å². The lowest BCUT2D eigenvalue weighted by Gasteiger charge is -2.32. The number of hydrogen-bond acceptors (Lipinski definition) is 3. The monoisotopic (exact) mass is 419 g/mol. The van der Waals surface area contributed by atoms with Gasteiger partial charge in [-0.3, -0.25) is 9.59 Å². The molecule has 1 fully saturated rings. The highest BCUT2D eigenvalue weighted by molar-refractivity contribution is 5.84. The van der Waals surface area contributed by atoms with Crippen molar-refractivity contribution in [2.75, 3.05) is 20.2 Å². The van der Waals surface area contributed by atoms with Crippen molar-refractivity contribution >= 4 is 22.7 Å². The van der Waals surface area contributed by atoms with Crippen molar-refractivity contribution in [1.82, 2.24) is 14.8 Å². The molecule has 0 unspecified atom stereocenters. The van der Waals surface area contributed by atoms with Crippen molar-refractivity contribution in [3.8, 4) is 5.75 Å². The van der Waals surface area contributed by atoms with E-state index < -0.39 is 0 Å². The van der Waals surface area contributed by atoms with Crippen LogP contribution >= 0.6 is 0 Å². The van der Waals surface area contributed by atoms with Crippen LogP contribution in [0, 0.1) is 6.92 Å². The van der Waals surface area contributed by atoms with E-state index in [1.54, 1.807) is 7.11 Å². The van der Waals surface area contributed by atoms with Gasteiger partial charge in [0.2, 0.25) is 11.8 Å². The molecule has 6 nitrogen and oxygen atoms in total. The summed E-state index contributed by atoms with van der Waals surface area (Å²) in [4.78, 5) is 27.3. The minimum absolute atomic E-state index is 0.0169. The SMILES string of the molecule is COc1ccccc1CC(=O)N1CCC(NC(=O)Cn2c(C)cc3ccccc32)CC1. The van der Waals surface area contributed by atoms with Crippen LogP contribution < -0.4 is 10.1 Å². The molecular weight excluding hydrogens is 390 g/mol. The van der Waals surface area contributed by atoms with Crippen LogP contribution in [0.4, 0.5) is 0 Å². The maximum atomic E-state index is 12.7. The highest BCUT2D eigenvalue weighted by Crippen LogP contribution is 2.21. The van der Waals surface area contributed by atoms with Crippen molar-refractivity contribution in [2.24, 2.45) is 0 Å². The van der Waals surface area contributed by atoms with Gasteiger partial charge in [0, 0.05) is 35.9 Å². The summed E-state index contributed by atoms with van der Waals surface area (Å²) in [5.74, 6) is 0.859. The number of piperidine rings is 1. The van der Waals surface area contributed by atoms with Crippen LogP contribution in [0.2, 0.25) is 0 Å². The second kappa shape index (κ2) is 9.25. The van der Waals surface area contributed by atoms with Crippen LogP contribution in [0.1, 0.15) is 24.1 Å². The number of ether oxygens (including phenoxy) is 1. The van der Waals surface area contributed by atoms with Gasteiger partial charge in [-0.1, -0.05) is 36.4 Å². The lowest BCUT2D eigenvalue weighted by Crippen LogP contribution is -2.47. The molecule has 0 spiro atoms. The summed E-state index contributed by atoms with van der Waals surface area (Å²) in [7, 11) is 1.62. The quantitative estimate of drug-likeness (QED) is 0.667. The summed E-state index contributed by atoms with van der Waals surface area (Å²) >= 11 is 0. The first-order chi connectivity index (χ1) is 15.0. The molecule has 3 aromatic rings. The number of aryl methyl sites for hydroxylation is 1. The minimum atomic E-state index is 0.0169. The standard InChI is InChI=1S/C25H29N3O3/c1-18-15-19-7-3-5-9-22(19)28(18)17-24(29)26-21-11-13-27(14-12-21)25(30)16-20-8-4-6-10-23(20)31-2/h3-10,15,21H,11-14,16-17H2,1-2H3,(H,26,29). The second-order valence-corrected chi connectivity index (χ2v) is 8.14. The van der Waals surface area contributed by atoms with Crippen molar-refractivity contribution in [1.29, 1.82) is 0 Å². The van der Waals surface area contributed by atoms with Crippen molar-refractivity contribution < 1.29 is 14.3 Å². The molecule has 0 saturated carbocycles. The van der Waals surface area contributed by atoms with Gasteiger partial charge in [-0.05, 0) is 43.4 Å². The fraction of sp³-hybridized carbons (Fsp3) is 0.360. The molecule has 2 heterocycles. The third kappa shape index (κ3) is 4.74. The minimum Gasteiger partial charge on any atom is -0.496 e. The van der Waals surface area contributed by atoms with Gasteiger partial charge in [0.25, 0.3) is 0 Å². The molecule has 1 N–H and O–H groups in total. The van der Waals surface area contributed by atoms with Gasteiger partial charge in [0.1, 0.15) is 12.3 Å². The number of benzene rings is 2. The molecule has 1 aliphatic heterocycles. The molecule has 4 rings (SSSR count). The van der Waals surface area contributed by atoms with E-state index in [1.807, 2.05) is 54.3 Å². The first-order valence-corrected chi connectivity index (χ1v) is 10.8. The Balaban J connectivity index is 1.29. The summed E-state index contributed by atoms with van der Waals surface area (Å²) in [5.41, 5.74) is 3.06. The van der Waals surface area contributed by atoms with E-state index in [-0.39, 0.29) is 17.9 Å². The molecule has 0 bridgehead atoms. The zero-order valence-electron chi connectivity index (χ0n) is 18.1. The molecule has 1 aliphatic rings. The predicted molar refractivity (Wildman–Crippen MR) is 121 cm³/mol. The second-order valence-electron chi connectivity index (χ2n) is 8.14. The maximum Gasteiger partial charge on any atom is 0.240 e. The summed E-state index contributed by atoms with van der Waals surface area (Å²) in [5, 5.41) is 4.31. The number of methoxy groups -OCH3 is 1. The van der Waals surface area contributed by atoms with Crippen molar-refractivity contribution in [2.45, 2.75) is 38.8 Å². The van der Waals surface area contributed by atoms with E-state index in [0.717, 1.165) is 40.8 Å². The van der Waals surface area contributed by atoms with E-state index in [0.29, 0.717) is 26.1 Å². The van der Waals surface area contributed by atoms with Gasteiger partial charge in [-0.2, -0.15) is 0 Å². The van der Waals surface area contributed by atoms with Crippen LogP contribution in [-0.2, 0) is 22.6 Å². The average Bonchev–Trinajstić information content (AvgIpc) is 3.09. The molecule has 0 atom stereocenters. The third-order valence-corrected chi connectivity index (χ3v) is 6.07. The molecule has 31 heavy (non-hydrogen) atoms. The van der Waals surface area contributed by atoms with Gasteiger partial charge in [-0.15, -0.1) is 0 Å². The molecule has 1 aromatic heterocycles. The highest BCUT2D eigenvalue weighted by atomic mass is 16.5. The van der Waals surface area contributed by atoms with Crippen LogP contribution in [0.15, 0.2) is 54.6 Å². The maximum absolute atomic E-state index is 12.7. The van der Waals surface area contributed by atoms with Gasteiger partial charge >= 0.3 is 0 Å². The molecular formula is C25H29N3O3. The molecule has 0 aliphatic carbocycles. The lowest BCUT2D eigenvalue weighted by atomic mass is 10.0. The Hall–Kier alpha value is -3.28. The lowest BCUT2D eigenvalue weighted by molar-refractivity contribution is -0.131. The van der Waals surface area contributed by atoms with Gasteiger partial charge < -0.3 is 19.5 Å². The van der Waals surface area contributed by atoms with Crippen LogP contribution in [0.5, 0.6) is 5.75 Å². The topological polar surface area (TPSA) is 63.6 Å². The molecule has 2 aromatic carbocycles. The summed E-state index contributed by atoms with van der Waals surface area (Å²) < 4.78 is 7.40. The normalized spacial score (nSPS) is 14.6. The molecule has 2 amide bonds. The van der Waals surface area contributed by atoms with Crippen LogP contribution in [-0.4, -0.2) is 47.5 Å². The fourth-order valence-corrected chi connectivity index (χ4v) is 4.37. The van der Waals surface area contributed by atoms with Crippen LogP contribution in [0.3, 0.4) is 0 Å². The van der Waals surface area contributed by atoms with Crippen molar-refractivity contribution in [3.63, 3.8) is 0 Å². The zero-order valence-corrected chi connectivity index (χ0v) is 18.1. The number of nitrogens with one attached hydrogen (secondary N) is 1. The summed E-state index contributed by atoms with van der Waals surface area (Å²) in [6.45, 7) is 3.65. The number of aromatic nitrogens is 1. The Morgan fingerprint density at radius 2 is 1.77 bits per heavy atom. The van der Waals surface area contributed by atoms with E-state index in [4.69, 9.17) is 4.74 Å². The Labute approximate surface area is 182 Å². The molecule has 162 valence electrons. The number of rotatable bonds is 6. The van der Waals surface area contributed by atoms with E-state index in [9.17, 15) is 9.59 Å². The summed E-state index contributed by atoms with van der Waals surface area (Å²) in [6, 6.07) is 17.9. The van der Waals surface area contributed by atoms with Gasteiger partial charge in [-0.25, -0.2) is 0 Å². The number of carbonyl (C=O) groups is 2.